The van der Waals surface area contributed by atoms with E-state index in [1.807, 2.05) is 30.3 Å². The number of hydrogen-bond donors (Lipinski definition) is 0. The number of rotatable bonds is 5. The van der Waals surface area contributed by atoms with Crippen LogP contribution in [0, 0.1) is 0 Å². The Hall–Kier alpha value is -3.04. The highest BCUT2D eigenvalue weighted by Crippen LogP contribution is 2.31. The van der Waals surface area contributed by atoms with E-state index in [4.69, 9.17) is 9.26 Å². The van der Waals surface area contributed by atoms with E-state index in [9.17, 15) is 13.2 Å². The van der Waals surface area contributed by atoms with Crippen molar-refractivity contribution >= 4 is 16.0 Å². The predicted molar refractivity (Wildman–Crippen MR) is 108 cm³/mol. The monoisotopic (exact) mass is 427 g/mol. The first kappa shape index (κ1) is 20.2. The highest BCUT2D eigenvalue weighted by Gasteiger charge is 2.34. The summed E-state index contributed by atoms with van der Waals surface area (Å²) in [6.45, 7) is 0.607. The van der Waals surface area contributed by atoms with Gasteiger partial charge in [-0.05, 0) is 37.1 Å². The molecule has 0 radical (unpaired) electrons. The van der Waals surface area contributed by atoms with Gasteiger partial charge in [-0.1, -0.05) is 35.5 Å². The molecule has 156 valence electrons. The highest BCUT2D eigenvalue weighted by atomic mass is 32.2. The Morgan fingerprint density at radius 3 is 2.43 bits per heavy atom. The van der Waals surface area contributed by atoms with Crippen molar-refractivity contribution in [1.29, 1.82) is 0 Å². The highest BCUT2D eigenvalue weighted by molar-refractivity contribution is 7.89. The quantitative estimate of drug-likeness (QED) is 0.577. The Labute approximate surface area is 174 Å². The van der Waals surface area contributed by atoms with E-state index in [0.717, 1.165) is 5.56 Å². The number of hydrogen-bond acceptors (Lipinski definition) is 7. The molecule has 2 aromatic carbocycles. The molecule has 1 saturated heterocycles. The Balaban J connectivity index is 1.49. The van der Waals surface area contributed by atoms with Crippen LogP contribution in [0.25, 0.3) is 11.5 Å². The Kier molecular flexibility index (Phi) is 5.65. The Bertz CT molecular complexity index is 1140. The van der Waals surface area contributed by atoms with E-state index in [0.29, 0.717) is 37.6 Å². The molecule has 1 aliphatic heterocycles. The summed E-state index contributed by atoms with van der Waals surface area (Å²) in [6, 6.07) is 15.6. The van der Waals surface area contributed by atoms with Crippen molar-refractivity contribution in [2.24, 2.45) is 0 Å². The molecule has 1 aliphatic rings. The summed E-state index contributed by atoms with van der Waals surface area (Å²) in [5.41, 5.74) is 0.878. The van der Waals surface area contributed by atoms with E-state index in [2.05, 4.69) is 10.1 Å². The summed E-state index contributed by atoms with van der Waals surface area (Å²) in [5, 5.41) is 4.09. The third-order valence-electron chi connectivity index (χ3n) is 5.19. The van der Waals surface area contributed by atoms with Crippen molar-refractivity contribution < 1.29 is 22.5 Å². The maximum Gasteiger partial charge on any atom is 0.339 e. The lowest BCUT2D eigenvalue weighted by Crippen LogP contribution is -2.38. The summed E-state index contributed by atoms with van der Waals surface area (Å²) in [5.74, 6) is 0.367. The molecule has 0 atom stereocenters. The van der Waals surface area contributed by atoms with Crippen molar-refractivity contribution in [2.75, 3.05) is 20.2 Å². The zero-order valence-electron chi connectivity index (χ0n) is 16.4. The third-order valence-corrected chi connectivity index (χ3v) is 7.15. The van der Waals surface area contributed by atoms with Crippen LogP contribution in [0.5, 0.6) is 0 Å². The van der Waals surface area contributed by atoms with Gasteiger partial charge in [-0.25, -0.2) is 13.2 Å². The van der Waals surface area contributed by atoms with Crippen molar-refractivity contribution in [2.45, 2.75) is 23.7 Å². The smallest absolute Gasteiger partial charge is 0.339 e. The van der Waals surface area contributed by atoms with Crippen molar-refractivity contribution in [3.8, 4) is 11.5 Å². The number of benzene rings is 2. The minimum absolute atomic E-state index is 0.00788. The largest absolute Gasteiger partial charge is 0.465 e. The zero-order valence-corrected chi connectivity index (χ0v) is 17.2. The van der Waals surface area contributed by atoms with Gasteiger partial charge in [0.25, 0.3) is 5.89 Å². The number of carbonyl (C=O) groups excluding carboxylic acids is 1. The fraction of sp³-hybridized carbons (Fsp3) is 0.286. The van der Waals surface area contributed by atoms with Gasteiger partial charge in [-0.2, -0.15) is 9.29 Å². The SMILES string of the molecule is COC(=O)c1ccccc1S(=O)(=O)N1CCC(c2noc(-c3ccccc3)n2)CC1. The fourth-order valence-corrected chi connectivity index (χ4v) is 5.21. The molecule has 0 amide bonds. The van der Waals surface area contributed by atoms with Crippen LogP contribution in [0.2, 0.25) is 0 Å². The van der Waals surface area contributed by atoms with Gasteiger partial charge in [0.05, 0.1) is 17.6 Å². The van der Waals surface area contributed by atoms with Crippen LogP contribution in [0.1, 0.15) is 34.9 Å². The molecule has 0 unspecified atom stereocenters. The molecule has 0 saturated carbocycles. The minimum atomic E-state index is -3.82. The van der Waals surface area contributed by atoms with Crippen LogP contribution in [-0.2, 0) is 14.8 Å². The van der Waals surface area contributed by atoms with Gasteiger partial charge in [0.2, 0.25) is 10.0 Å². The molecule has 3 aromatic rings. The second-order valence-electron chi connectivity index (χ2n) is 6.99. The first-order valence-corrected chi connectivity index (χ1v) is 11.0. The van der Waals surface area contributed by atoms with E-state index in [1.54, 1.807) is 12.1 Å². The van der Waals surface area contributed by atoms with Crippen molar-refractivity contribution in [1.82, 2.24) is 14.4 Å². The first-order valence-electron chi connectivity index (χ1n) is 9.57. The lowest BCUT2D eigenvalue weighted by atomic mass is 9.97. The molecular weight excluding hydrogens is 406 g/mol. The van der Waals surface area contributed by atoms with Gasteiger partial charge in [0.15, 0.2) is 5.82 Å². The average Bonchev–Trinajstić information content (AvgIpc) is 3.29. The summed E-state index contributed by atoms with van der Waals surface area (Å²) in [4.78, 5) is 16.4. The maximum absolute atomic E-state index is 13.1. The topological polar surface area (TPSA) is 103 Å². The lowest BCUT2D eigenvalue weighted by molar-refractivity contribution is 0.0596. The summed E-state index contributed by atoms with van der Waals surface area (Å²) >= 11 is 0. The lowest BCUT2D eigenvalue weighted by Gasteiger charge is -2.30. The Morgan fingerprint density at radius 1 is 1.07 bits per heavy atom. The number of nitrogens with zero attached hydrogens (tertiary/aromatic N) is 3. The molecular formula is C21H21N3O5S. The van der Waals surface area contributed by atoms with Crippen LogP contribution in [-0.4, -0.2) is 49.0 Å². The third kappa shape index (κ3) is 3.86. The minimum Gasteiger partial charge on any atom is -0.465 e. The summed E-state index contributed by atoms with van der Waals surface area (Å²) in [7, 11) is -2.59. The maximum atomic E-state index is 13.1. The fourth-order valence-electron chi connectivity index (χ4n) is 3.56. The predicted octanol–water partition coefficient (Wildman–Crippen LogP) is 3.09. The number of esters is 1. The molecule has 1 fully saturated rings. The van der Waals surface area contributed by atoms with E-state index in [1.165, 1.54) is 23.5 Å². The van der Waals surface area contributed by atoms with Gasteiger partial charge >= 0.3 is 5.97 Å². The van der Waals surface area contributed by atoms with Crippen molar-refractivity contribution in [3.05, 3.63) is 66.0 Å². The average molecular weight is 427 g/mol. The van der Waals surface area contributed by atoms with Crippen molar-refractivity contribution in [3.63, 3.8) is 0 Å². The molecule has 4 rings (SSSR count). The molecule has 8 nitrogen and oxygen atoms in total. The van der Waals surface area contributed by atoms with Crippen LogP contribution >= 0.6 is 0 Å². The molecule has 2 heterocycles. The second kappa shape index (κ2) is 8.37. The van der Waals surface area contributed by atoms with Gasteiger partial charge in [0.1, 0.15) is 0 Å². The molecule has 0 spiro atoms. The van der Waals surface area contributed by atoms with E-state index < -0.39 is 16.0 Å². The molecule has 1 aromatic heterocycles. The van der Waals surface area contributed by atoms with Crippen LogP contribution in [0.3, 0.4) is 0 Å². The number of carbonyl (C=O) groups is 1. The summed E-state index contributed by atoms with van der Waals surface area (Å²) in [6.07, 6.45) is 1.13. The number of sulfonamides is 1. The summed E-state index contributed by atoms with van der Waals surface area (Å²) < 4.78 is 37.8. The van der Waals surface area contributed by atoms with Crippen LogP contribution in [0.15, 0.2) is 64.0 Å². The molecule has 0 aliphatic carbocycles. The standard InChI is InChI=1S/C21H21N3O5S/c1-28-21(25)17-9-5-6-10-18(17)30(26,27)24-13-11-15(12-14-24)19-22-20(29-23-19)16-7-3-2-4-8-16/h2-10,15H,11-14H2,1H3. The molecule has 0 N–H and O–H groups in total. The number of aromatic nitrogens is 2. The van der Waals surface area contributed by atoms with Crippen LogP contribution in [0.4, 0.5) is 0 Å². The second-order valence-corrected chi connectivity index (χ2v) is 8.90. The number of ether oxygens (including phenoxy) is 1. The first-order chi connectivity index (χ1) is 14.5. The van der Waals surface area contributed by atoms with E-state index in [-0.39, 0.29) is 16.4 Å². The number of methoxy groups -OCH3 is 1. The van der Waals surface area contributed by atoms with Gasteiger partial charge in [-0.3, -0.25) is 0 Å². The van der Waals surface area contributed by atoms with Gasteiger partial charge < -0.3 is 9.26 Å². The van der Waals surface area contributed by atoms with Gasteiger partial charge in [0, 0.05) is 24.6 Å². The normalized spacial score (nSPS) is 15.8. The molecule has 9 heteroatoms. The number of piperidine rings is 1. The zero-order chi connectivity index (χ0) is 21.1. The van der Waals surface area contributed by atoms with Gasteiger partial charge in [-0.15, -0.1) is 0 Å². The Morgan fingerprint density at radius 2 is 1.73 bits per heavy atom. The van der Waals surface area contributed by atoms with Crippen LogP contribution < -0.4 is 0 Å². The van der Waals surface area contributed by atoms with E-state index >= 15 is 0 Å². The molecule has 0 bridgehead atoms. The molecule has 30 heavy (non-hydrogen) atoms.